The molecule has 0 saturated carbocycles. The summed E-state index contributed by atoms with van der Waals surface area (Å²) in [6.45, 7) is 15.5. The average molecular weight is 253 g/mol. The smallest absolute Gasteiger partial charge is 0.0223 e. The van der Waals surface area contributed by atoms with Crippen molar-refractivity contribution in [1.29, 1.82) is 0 Å². The maximum absolute atomic E-state index is 4.22. The van der Waals surface area contributed by atoms with Gasteiger partial charge in [0.25, 0.3) is 0 Å². The lowest BCUT2D eigenvalue weighted by atomic mass is 10.1. The fraction of sp³-hybridized carbons (Fsp3) is 0.867. The molecule has 1 aliphatic rings. The molecule has 1 aliphatic heterocycles. The van der Waals surface area contributed by atoms with Crippen molar-refractivity contribution < 1.29 is 0 Å². The highest BCUT2D eigenvalue weighted by Crippen LogP contribution is 2.13. The molecule has 18 heavy (non-hydrogen) atoms. The normalized spacial score (nSPS) is 22.9. The van der Waals surface area contributed by atoms with Crippen LogP contribution in [-0.4, -0.2) is 62.2 Å². The lowest BCUT2D eigenvalue weighted by molar-refractivity contribution is 0.196. The summed E-state index contributed by atoms with van der Waals surface area (Å²) in [6, 6.07) is 0.695. The fourth-order valence-electron chi connectivity index (χ4n) is 2.67. The van der Waals surface area contributed by atoms with Crippen LogP contribution in [0, 0.1) is 0 Å². The zero-order chi connectivity index (χ0) is 13.4. The molecule has 0 aliphatic carbocycles. The van der Waals surface area contributed by atoms with E-state index in [4.69, 9.17) is 0 Å². The molecular weight excluding hydrogens is 222 g/mol. The first-order chi connectivity index (χ1) is 8.67. The summed E-state index contributed by atoms with van der Waals surface area (Å²) >= 11 is 0. The van der Waals surface area contributed by atoms with E-state index in [1.165, 1.54) is 44.5 Å². The highest BCUT2D eigenvalue weighted by Gasteiger charge is 2.21. The van der Waals surface area contributed by atoms with Gasteiger partial charge < -0.3 is 10.2 Å². The highest BCUT2D eigenvalue weighted by molar-refractivity contribution is 5.01. The lowest BCUT2D eigenvalue weighted by Crippen LogP contribution is -2.41. The number of likely N-dealkylation sites (N-methyl/N-ethyl adjacent to an activating group) is 1. The van der Waals surface area contributed by atoms with Gasteiger partial charge in [-0.1, -0.05) is 20.4 Å². The van der Waals surface area contributed by atoms with Gasteiger partial charge in [0, 0.05) is 32.2 Å². The Balaban J connectivity index is 2.39. The molecule has 0 radical (unpaired) electrons. The molecule has 1 unspecified atom stereocenters. The Labute approximate surface area is 113 Å². The molecule has 1 heterocycles. The summed E-state index contributed by atoms with van der Waals surface area (Å²) < 4.78 is 0. The van der Waals surface area contributed by atoms with Crippen molar-refractivity contribution in [3.63, 3.8) is 0 Å². The summed E-state index contributed by atoms with van der Waals surface area (Å²) in [5.74, 6) is 0. The number of nitrogens with one attached hydrogen (secondary N) is 1. The summed E-state index contributed by atoms with van der Waals surface area (Å²) in [5, 5.41) is 3.45. The second kappa shape index (κ2) is 8.68. The van der Waals surface area contributed by atoms with E-state index in [1.807, 2.05) is 0 Å². The van der Waals surface area contributed by atoms with Crippen molar-refractivity contribution >= 4 is 0 Å². The van der Waals surface area contributed by atoms with Crippen LogP contribution in [0.25, 0.3) is 0 Å². The van der Waals surface area contributed by atoms with Crippen LogP contribution in [0.1, 0.15) is 33.1 Å². The fourth-order valence-corrected chi connectivity index (χ4v) is 2.67. The first-order valence-corrected chi connectivity index (χ1v) is 7.47. The van der Waals surface area contributed by atoms with Gasteiger partial charge in [-0.3, -0.25) is 4.90 Å². The van der Waals surface area contributed by atoms with Crippen LogP contribution in [0.3, 0.4) is 0 Å². The van der Waals surface area contributed by atoms with Crippen LogP contribution in [0.15, 0.2) is 12.2 Å². The van der Waals surface area contributed by atoms with Gasteiger partial charge in [0.2, 0.25) is 0 Å². The van der Waals surface area contributed by atoms with E-state index in [2.05, 4.69) is 42.6 Å². The number of rotatable bonds is 7. The zero-order valence-corrected chi connectivity index (χ0v) is 12.5. The van der Waals surface area contributed by atoms with Gasteiger partial charge in [-0.2, -0.15) is 0 Å². The standard InChI is InChI=1S/C15H31N3/c1-5-8-16-11-14(3)12-18-10-7-9-17(4)13-15(18)6-2/h15-16H,3,5-13H2,1-2,4H3. The zero-order valence-electron chi connectivity index (χ0n) is 12.5. The van der Waals surface area contributed by atoms with E-state index in [1.54, 1.807) is 0 Å². The molecule has 0 aromatic heterocycles. The topological polar surface area (TPSA) is 18.5 Å². The van der Waals surface area contributed by atoms with E-state index in [9.17, 15) is 0 Å². The van der Waals surface area contributed by atoms with E-state index in [0.29, 0.717) is 6.04 Å². The molecular formula is C15H31N3. The molecule has 0 aromatic rings. The molecule has 1 atom stereocenters. The maximum Gasteiger partial charge on any atom is 0.0223 e. The minimum atomic E-state index is 0.695. The first-order valence-electron chi connectivity index (χ1n) is 7.47. The second-order valence-corrected chi connectivity index (χ2v) is 5.58. The summed E-state index contributed by atoms with van der Waals surface area (Å²) in [5.41, 5.74) is 1.33. The predicted molar refractivity (Wildman–Crippen MR) is 80.1 cm³/mol. The van der Waals surface area contributed by atoms with Gasteiger partial charge >= 0.3 is 0 Å². The van der Waals surface area contributed by atoms with Gasteiger partial charge in [-0.15, -0.1) is 0 Å². The number of hydrogen-bond donors (Lipinski definition) is 1. The summed E-state index contributed by atoms with van der Waals surface area (Å²) in [6.07, 6.45) is 3.71. The third-order valence-corrected chi connectivity index (χ3v) is 3.72. The van der Waals surface area contributed by atoms with Crippen LogP contribution in [0.2, 0.25) is 0 Å². The Morgan fingerprint density at radius 1 is 1.33 bits per heavy atom. The summed E-state index contributed by atoms with van der Waals surface area (Å²) in [7, 11) is 2.24. The van der Waals surface area contributed by atoms with Crippen molar-refractivity contribution in [2.75, 3.05) is 46.3 Å². The molecule has 1 rings (SSSR count). The number of hydrogen-bond acceptors (Lipinski definition) is 3. The molecule has 3 heteroatoms. The molecule has 0 aromatic carbocycles. The molecule has 0 bridgehead atoms. The monoisotopic (exact) mass is 253 g/mol. The Morgan fingerprint density at radius 3 is 2.78 bits per heavy atom. The molecule has 3 nitrogen and oxygen atoms in total. The van der Waals surface area contributed by atoms with Crippen molar-refractivity contribution in [3.8, 4) is 0 Å². The van der Waals surface area contributed by atoms with Gasteiger partial charge in [0.15, 0.2) is 0 Å². The largest absolute Gasteiger partial charge is 0.313 e. The van der Waals surface area contributed by atoms with Crippen LogP contribution < -0.4 is 5.32 Å². The van der Waals surface area contributed by atoms with Crippen LogP contribution in [0.5, 0.6) is 0 Å². The SMILES string of the molecule is C=C(CNCCC)CN1CCCN(C)CC1CC. The number of nitrogens with zero attached hydrogens (tertiary/aromatic N) is 2. The Kier molecular flexibility index (Phi) is 7.56. The highest BCUT2D eigenvalue weighted by atomic mass is 15.2. The van der Waals surface area contributed by atoms with E-state index >= 15 is 0 Å². The van der Waals surface area contributed by atoms with Crippen LogP contribution in [-0.2, 0) is 0 Å². The van der Waals surface area contributed by atoms with Crippen molar-refractivity contribution in [2.24, 2.45) is 0 Å². The van der Waals surface area contributed by atoms with Crippen molar-refractivity contribution in [3.05, 3.63) is 12.2 Å². The lowest BCUT2D eigenvalue weighted by Gasteiger charge is -2.30. The van der Waals surface area contributed by atoms with Gasteiger partial charge in [-0.25, -0.2) is 0 Å². The van der Waals surface area contributed by atoms with Gasteiger partial charge in [0.05, 0.1) is 0 Å². The minimum absolute atomic E-state index is 0.695. The maximum atomic E-state index is 4.22. The van der Waals surface area contributed by atoms with Crippen molar-refractivity contribution in [1.82, 2.24) is 15.1 Å². The second-order valence-electron chi connectivity index (χ2n) is 5.58. The Hall–Kier alpha value is -0.380. The third kappa shape index (κ3) is 5.51. The average Bonchev–Trinajstić information content (AvgIpc) is 2.51. The molecule has 1 N–H and O–H groups in total. The molecule has 0 spiro atoms. The van der Waals surface area contributed by atoms with Crippen LogP contribution >= 0.6 is 0 Å². The van der Waals surface area contributed by atoms with Crippen LogP contribution in [0.4, 0.5) is 0 Å². The van der Waals surface area contributed by atoms with E-state index < -0.39 is 0 Å². The quantitative estimate of drug-likeness (QED) is 0.553. The van der Waals surface area contributed by atoms with Gasteiger partial charge in [0.1, 0.15) is 0 Å². The first kappa shape index (κ1) is 15.7. The van der Waals surface area contributed by atoms with Gasteiger partial charge in [-0.05, 0) is 45.0 Å². The molecule has 0 amide bonds. The summed E-state index contributed by atoms with van der Waals surface area (Å²) in [4.78, 5) is 5.09. The Morgan fingerprint density at radius 2 is 2.11 bits per heavy atom. The van der Waals surface area contributed by atoms with Crippen molar-refractivity contribution in [2.45, 2.75) is 39.2 Å². The predicted octanol–water partition coefficient (Wildman–Crippen LogP) is 1.96. The molecule has 1 fully saturated rings. The molecule has 106 valence electrons. The molecule has 1 saturated heterocycles. The van der Waals surface area contributed by atoms with E-state index in [0.717, 1.165) is 19.6 Å². The third-order valence-electron chi connectivity index (χ3n) is 3.72. The minimum Gasteiger partial charge on any atom is -0.313 e. The Bertz CT molecular complexity index is 240. The van der Waals surface area contributed by atoms with E-state index in [-0.39, 0.29) is 0 Å².